The average molecular weight is 473 g/mol. The van der Waals surface area contributed by atoms with Crippen LogP contribution in [0.3, 0.4) is 0 Å². The molecule has 0 saturated heterocycles. The number of nitrogens with zero attached hydrogens (tertiary/aromatic N) is 1. The maximum absolute atomic E-state index is 13.4. The third-order valence-electron chi connectivity index (χ3n) is 6.15. The molecule has 1 rings (SSSR count). The number of nitrogens with two attached hydrogens (primary N) is 1. The predicted molar refractivity (Wildman–Crippen MR) is 126 cm³/mol. The van der Waals surface area contributed by atoms with Gasteiger partial charge in [-0.05, 0) is 64.4 Å². The molecule has 0 aromatic heterocycles. The molecule has 2 unspecified atom stereocenters. The smallest absolute Gasteiger partial charge is 0.395 e. The summed E-state index contributed by atoms with van der Waals surface area (Å²) in [6.45, 7) is 10.6. The Morgan fingerprint density at radius 2 is 1.82 bits per heavy atom. The van der Waals surface area contributed by atoms with Crippen molar-refractivity contribution in [1.29, 1.82) is 0 Å². The van der Waals surface area contributed by atoms with Gasteiger partial charge in [0.05, 0.1) is 18.6 Å². The number of hydrogen-bond acceptors (Lipinski definition) is 5. The van der Waals surface area contributed by atoms with Crippen LogP contribution >= 0.6 is 0 Å². The first kappa shape index (κ1) is 29.3. The molecule has 0 spiro atoms. The van der Waals surface area contributed by atoms with Crippen LogP contribution in [0.5, 0.6) is 0 Å². The van der Waals surface area contributed by atoms with E-state index in [1.165, 1.54) is 13.0 Å². The molecular weight excluding hydrogens is 433 g/mol. The van der Waals surface area contributed by atoms with Crippen molar-refractivity contribution in [2.24, 2.45) is 28.0 Å². The number of carbonyl (C=O) groups is 1. The quantitative estimate of drug-likeness (QED) is 0.220. The van der Waals surface area contributed by atoms with E-state index in [9.17, 15) is 23.1 Å². The number of Topliss-reactive ketones (excluding diaryl/α,β-unsaturated/α-hetero) is 1. The van der Waals surface area contributed by atoms with E-state index in [0.29, 0.717) is 17.2 Å². The van der Waals surface area contributed by atoms with Gasteiger partial charge in [0, 0.05) is 11.8 Å². The number of carbonyl (C=O) groups excluding carboxylic acids is 1. The fraction of sp³-hybridized carbons (Fsp3) is 0.680. The Balaban J connectivity index is 2.86. The van der Waals surface area contributed by atoms with Crippen LogP contribution < -0.4 is 5.73 Å². The Morgan fingerprint density at radius 1 is 1.21 bits per heavy atom. The minimum absolute atomic E-state index is 0.0757. The SMILES string of the molecule is C\C=C(/N=C(C)\C(=C/C)\C=C(/C)C1(C(F)(F)F)CC1)C(=O)COCC(CC(C)C)C(N)CO. The molecule has 0 aromatic carbocycles. The minimum atomic E-state index is -4.27. The van der Waals surface area contributed by atoms with Gasteiger partial charge in [-0.2, -0.15) is 13.2 Å². The van der Waals surface area contributed by atoms with Gasteiger partial charge < -0.3 is 15.6 Å². The first-order valence-electron chi connectivity index (χ1n) is 11.4. The number of hydrogen-bond donors (Lipinski definition) is 2. The van der Waals surface area contributed by atoms with Crippen LogP contribution in [0, 0.1) is 17.3 Å². The van der Waals surface area contributed by atoms with E-state index in [2.05, 4.69) is 4.99 Å². The number of aliphatic hydroxyl groups excluding tert-OH is 1. The van der Waals surface area contributed by atoms with Crippen molar-refractivity contribution in [3.63, 3.8) is 0 Å². The van der Waals surface area contributed by atoms with Gasteiger partial charge in [0.1, 0.15) is 12.3 Å². The monoisotopic (exact) mass is 472 g/mol. The van der Waals surface area contributed by atoms with Gasteiger partial charge in [0.25, 0.3) is 0 Å². The number of rotatable bonds is 13. The highest BCUT2D eigenvalue weighted by atomic mass is 19.4. The Hall–Kier alpha value is -1.77. The van der Waals surface area contributed by atoms with Gasteiger partial charge in [-0.25, -0.2) is 4.99 Å². The molecule has 5 nitrogen and oxygen atoms in total. The fourth-order valence-corrected chi connectivity index (χ4v) is 3.83. The van der Waals surface area contributed by atoms with Gasteiger partial charge in [-0.3, -0.25) is 4.79 Å². The van der Waals surface area contributed by atoms with Crippen LogP contribution in [0.25, 0.3) is 0 Å². The van der Waals surface area contributed by atoms with Crippen LogP contribution in [-0.2, 0) is 9.53 Å². The summed E-state index contributed by atoms with van der Waals surface area (Å²) in [6, 6.07) is -0.428. The van der Waals surface area contributed by atoms with Crippen LogP contribution in [0.2, 0.25) is 0 Å². The molecule has 0 aliphatic heterocycles. The molecule has 0 heterocycles. The highest BCUT2D eigenvalue weighted by molar-refractivity contribution is 6.05. The maximum atomic E-state index is 13.4. The van der Waals surface area contributed by atoms with Crippen molar-refractivity contribution >= 4 is 11.5 Å². The zero-order chi connectivity index (χ0) is 25.4. The van der Waals surface area contributed by atoms with E-state index >= 15 is 0 Å². The van der Waals surface area contributed by atoms with Crippen molar-refractivity contribution in [3.8, 4) is 0 Å². The number of alkyl halides is 3. The van der Waals surface area contributed by atoms with Crippen molar-refractivity contribution in [2.45, 2.75) is 73.0 Å². The number of aliphatic imine (C=N–C) groups is 1. The van der Waals surface area contributed by atoms with E-state index in [4.69, 9.17) is 10.5 Å². The van der Waals surface area contributed by atoms with Gasteiger partial charge >= 0.3 is 6.18 Å². The number of ketones is 1. The van der Waals surface area contributed by atoms with E-state index in [1.54, 1.807) is 32.9 Å². The van der Waals surface area contributed by atoms with E-state index in [0.717, 1.165) is 6.42 Å². The van der Waals surface area contributed by atoms with Crippen molar-refractivity contribution < 1.29 is 27.8 Å². The van der Waals surface area contributed by atoms with Crippen LogP contribution in [-0.4, -0.2) is 48.6 Å². The lowest BCUT2D eigenvalue weighted by molar-refractivity contribution is -0.175. The normalized spacial score (nSPS) is 19.6. The third-order valence-corrected chi connectivity index (χ3v) is 6.15. The first-order valence-corrected chi connectivity index (χ1v) is 11.4. The fourth-order valence-electron chi connectivity index (χ4n) is 3.83. The highest BCUT2D eigenvalue weighted by Gasteiger charge is 2.64. The molecule has 2 atom stereocenters. The lowest BCUT2D eigenvalue weighted by atomic mass is 9.92. The second kappa shape index (κ2) is 12.6. The minimum Gasteiger partial charge on any atom is -0.395 e. The molecule has 0 amide bonds. The molecule has 0 radical (unpaired) electrons. The topological polar surface area (TPSA) is 84.9 Å². The Kier molecular flexibility index (Phi) is 11.2. The van der Waals surface area contributed by atoms with E-state index < -0.39 is 17.6 Å². The first-order chi connectivity index (χ1) is 15.3. The summed E-state index contributed by atoms with van der Waals surface area (Å²) in [5.41, 5.74) is 5.65. The Morgan fingerprint density at radius 3 is 2.24 bits per heavy atom. The molecule has 1 aliphatic rings. The van der Waals surface area contributed by atoms with Crippen LogP contribution in [0.15, 0.2) is 40.1 Å². The zero-order valence-electron chi connectivity index (χ0n) is 20.6. The largest absolute Gasteiger partial charge is 0.398 e. The lowest BCUT2D eigenvalue weighted by Crippen LogP contribution is -2.37. The van der Waals surface area contributed by atoms with Gasteiger partial charge in [0.15, 0.2) is 0 Å². The molecule has 0 bridgehead atoms. The van der Waals surface area contributed by atoms with Crippen molar-refractivity contribution in [1.82, 2.24) is 0 Å². The molecule has 188 valence electrons. The summed E-state index contributed by atoms with van der Waals surface area (Å²) in [5.74, 6) is -0.0378. The standard InChI is InChI=1S/C25H39F3N2O3/c1-7-19(12-17(5)24(9-10-24)25(26,27)28)18(6)30-22(8-2)23(32)15-33-14-20(11-16(3)4)21(29)13-31/h7-8,12,16,20-21,31H,9-11,13-15,29H2,1-6H3/b17-12+,19-7-,22-8-,30-18-. The number of ether oxygens (including phenoxy) is 1. The summed E-state index contributed by atoms with van der Waals surface area (Å²) in [7, 11) is 0. The molecule has 1 fully saturated rings. The molecule has 3 N–H and O–H groups in total. The molecule has 33 heavy (non-hydrogen) atoms. The Labute approximate surface area is 195 Å². The summed E-state index contributed by atoms with van der Waals surface area (Å²) in [6.07, 6.45) is 1.45. The summed E-state index contributed by atoms with van der Waals surface area (Å²) in [5, 5.41) is 9.34. The second-order valence-electron chi connectivity index (χ2n) is 9.20. The van der Waals surface area contributed by atoms with Crippen molar-refractivity contribution in [3.05, 3.63) is 35.1 Å². The van der Waals surface area contributed by atoms with Gasteiger partial charge in [0.2, 0.25) is 5.78 Å². The molecule has 0 aromatic rings. The molecule has 8 heteroatoms. The van der Waals surface area contributed by atoms with E-state index in [-0.39, 0.29) is 55.6 Å². The predicted octanol–water partition coefficient (Wildman–Crippen LogP) is 5.15. The lowest BCUT2D eigenvalue weighted by Gasteiger charge is -2.23. The second-order valence-corrected chi connectivity index (χ2v) is 9.20. The van der Waals surface area contributed by atoms with Gasteiger partial charge in [-0.1, -0.05) is 37.6 Å². The maximum Gasteiger partial charge on any atom is 0.398 e. The summed E-state index contributed by atoms with van der Waals surface area (Å²) in [4.78, 5) is 17.0. The van der Waals surface area contributed by atoms with Crippen molar-refractivity contribution in [2.75, 3.05) is 19.8 Å². The number of halogens is 3. The van der Waals surface area contributed by atoms with E-state index in [1.807, 2.05) is 13.8 Å². The number of allylic oxidation sites excluding steroid dienone is 5. The average Bonchev–Trinajstić information content (AvgIpc) is 3.56. The Bertz CT molecular complexity index is 791. The zero-order valence-corrected chi connectivity index (χ0v) is 20.6. The molecular formula is C25H39F3N2O3. The summed E-state index contributed by atoms with van der Waals surface area (Å²) >= 11 is 0. The molecule has 1 saturated carbocycles. The van der Waals surface area contributed by atoms with Crippen LogP contribution in [0.4, 0.5) is 13.2 Å². The van der Waals surface area contributed by atoms with Gasteiger partial charge in [-0.15, -0.1) is 0 Å². The molecule has 1 aliphatic carbocycles. The van der Waals surface area contributed by atoms with Crippen LogP contribution in [0.1, 0.15) is 60.8 Å². The number of aliphatic hydroxyl groups is 1. The highest BCUT2D eigenvalue weighted by Crippen LogP contribution is 2.62. The summed E-state index contributed by atoms with van der Waals surface area (Å²) < 4.78 is 45.8. The third kappa shape index (κ3) is 8.19.